The quantitative estimate of drug-likeness (QED) is 0.790. The Hall–Kier alpha value is -0.0800. The molecule has 2 aliphatic rings. The fraction of sp³-hybridized carbons (Fsp3) is 1.00. The van der Waals surface area contributed by atoms with Crippen LogP contribution in [0, 0.1) is 5.92 Å². The number of hydrogen-bond donors (Lipinski definition) is 1. The van der Waals surface area contributed by atoms with Gasteiger partial charge in [0.2, 0.25) is 0 Å². The Kier molecular flexibility index (Phi) is 3.33. The van der Waals surface area contributed by atoms with Crippen LogP contribution in [0.1, 0.15) is 53.4 Å². The molecule has 0 aromatic heterocycles. The van der Waals surface area contributed by atoms with Gasteiger partial charge in [-0.25, -0.2) is 0 Å². The highest BCUT2D eigenvalue weighted by Crippen LogP contribution is 2.44. The number of nitrogens with one attached hydrogen (secondary N) is 1. The molecule has 16 heavy (non-hydrogen) atoms. The summed E-state index contributed by atoms with van der Waals surface area (Å²) in [7, 11) is 0. The second kappa shape index (κ2) is 4.30. The van der Waals surface area contributed by atoms with Gasteiger partial charge in [-0.15, -0.1) is 0 Å². The van der Waals surface area contributed by atoms with Crippen molar-refractivity contribution in [2.45, 2.75) is 64.5 Å². The molecule has 2 nitrogen and oxygen atoms in total. The van der Waals surface area contributed by atoms with Gasteiger partial charge in [0.25, 0.3) is 0 Å². The van der Waals surface area contributed by atoms with Crippen LogP contribution in [0.2, 0.25) is 0 Å². The lowest BCUT2D eigenvalue weighted by atomic mass is 9.86. The van der Waals surface area contributed by atoms with Crippen LogP contribution < -0.4 is 5.32 Å². The van der Waals surface area contributed by atoms with Gasteiger partial charge in [0.1, 0.15) is 0 Å². The van der Waals surface area contributed by atoms with Crippen molar-refractivity contribution in [1.29, 1.82) is 0 Å². The van der Waals surface area contributed by atoms with E-state index >= 15 is 0 Å². The minimum absolute atomic E-state index is 0.294. The molecule has 0 aromatic carbocycles. The van der Waals surface area contributed by atoms with Crippen molar-refractivity contribution < 1.29 is 0 Å². The fourth-order valence-corrected chi connectivity index (χ4v) is 3.03. The highest BCUT2D eigenvalue weighted by atomic mass is 15.3. The molecule has 1 aliphatic carbocycles. The van der Waals surface area contributed by atoms with Crippen LogP contribution >= 0.6 is 0 Å². The highest BCUT2D eigenvalue weighted by molar-refractivity contribution is 5.06. The monoisotopic (exact) mass is 224 g/mol. The van der Waals surface area contributed by atoms with E-state index < -0.39 is 0 Å². The van der Waals surface area contributed by atoms with Crippen LogP contribution in [-0.2, 0) is 0 Å². The summed E-state index contributed by atoms with van der Waals surface area (Å²) in [5.74, 6) is 0.952. The molecule has 1 saturated heterocycles. The Labute approximate surface area is 101 Å². The molecule has 0 amide bonds. The van der Waals surface area contributed by atoms with Crippen LogP contribution in [0.3, 0.4) is 0 Å². The van der Waals surface area contributed by atoms with E-state index in [0.29, 0.717) is 11.1 Å². The van der Waals surface area contributed by atoms with E-state index in [1.165, 1.54) is 45.3 Å². The maximum Gasteiger partial charge on any atom is 0.0334 e. The summed E-state index contributed by atoms with van der Waals surface area (Å²) in [6.45, 7) is 13.1. The molecule has 2 rings (SSSR count). The minimum Gasteiger partial charge on any atom is -0.309 e. The zero-order valence-electron chi connectivity index (χ0n) is 11.5. The van der Waals surface area contributed by atoms with Crippen molar-refractivity contribution in [3.8, 4) is 0 Å². The first-order chi connectivity index (χ1) is 7.48. The number of unbranched alkanes of at least 4 members (excludes halogenated alkanes) is 1. The minimum atomic E-state index is 0.294. The summed E-state index contributed by atoms with van der Waals surface area (Å²) in [4.78, 5) is 2.77. The van der Waals surface area contributed by atoms with E-state index in [9.17, 15) is 0 Å². The first-order valence-corrected chi connectivity index (χ1v) is 6.98. The molecular weight excluding hydrogens is 196 g/mol. The normalized spacial score (nSPS) is 35.2. The number of rotatable bonds is 4. The Morgan fingerprint density at radius 1 is 1.25 bits per heavy atom. The Balaban J connectivity index is 2.05. The van der Waals surface area contributed by atoms with E-state index in [4.69, 9.17) is 0 Å². The van der Waals surface area contributed by atoms with Crippen LogP contribution in [-0.4, -0.2) is 35.6 Å². The average Bonchev–Trinajstić information content (AvgIpc) is 3.03. The predicted molar refractivity (Wildman–Crippen MR) is 69.7 cm³/mol. The van der Waals surface area contributed by atoms with Crippen LogP contribution in [0.5, 0.6) is 0 Å². The van der Waals surface area contributed by atoms with Gasteiger partial charge in [-0.05, 0) is 52.5 Å². The molecule has 1 N–H and O–H groups in total. The highest BCUT2D eigenvalue weighted by Gasteiger charge is 2.49. The van der Waals surface area contributed by atoms with Gasteiger partial charge in [0.05, 0.1) is 0 Å². The van der Waals surface area contributed by atoms with Gasteiger partial charge in [0.15, 0.2) is 0 Å². The maximum atomic E-state index is 3.74. The summed E-state index contributed by atoms with van der Waals surface area (Å²) in [6, 6.07) is 0. The smallest absolute Gasteiger partial charge is 0.0334 e. The lowest BCUT2D eigenvalue weighted by Gasteiger charge is -2.52. The summed E-state index contributed by atoms with van der Waals surface area (Å²) >= 11 is 0. The number of piperazine rings is 1. The van der Waals surface area contributed by atoms with E-state index in [1.54, 1.807) is 0 Å². The summed E-state index contributed by atoms with van der Waals surface area (Å²) in [5, 5.41) is 3.74. The van der Waals surface area contributed by atoms with Gasteiger partial charge in [-0.1, -0.05) is 13.3 Å². The SMILES string of the molecule is CCCCN1CC(C)(C)NCC1(C)C1CC1. The molecule has 1 aliphatic heterocycles. The largest absolute Gasteiger partial charge is 0.309 e. The molecule has 0 radical (unpaired) electrons. The van der Waals surface area contributed by atoms with E-state index in [-0.39, 0.29) is 0 Å². The molecule has 1 unspecified atom stereocenters. The number of nitrogens with zero attached hydrogens (tertiary/aromatic N) is 1. The molecule has 0 aromatic rings. The lowest BCUT2D eigenvalue weighted by molar-refractivity contribution is 0.0110. The molecule has 0 bridgehead atoms. The molecule has 94 valence electrons. The molecule has 2 heteroatoms. The summed E-state index contributed by atoms with van der Waals surface area (Å²) in [6.07, 6.45) is 5.55. The third-order valence-corrected chi connectivity index (χ3v) is 4.47. The zero-order valence-corrected chi connectivity index (χ0v) is 11.5. The van der Waals surface area contributed by atoms with Crippen molar-refractivity contribution in [2.75, 3.05) is 19.6 Å². The fourth-order valence-electron chi connectivity index (χ4n) is 3.03. The molecular formula is C14H28N2. The van der Waals surface area contributed by atoms with Crippen molar-refractivity contribution >= 4 is 0 Å². The van der Waals surface area contributed by atoms with Gasteiger partial charge in [-0.3, -0.25) is 4.90 Å². The average molecular weight is 224 g/mol. The second-order valence-electron chi connectivity index (χ2n) is 6.64. The van der Waals surface area contributed by atoms with Crippen molar-refractivity contribution in [2.24, 2.45) is 5.92 Å². The van der Waals surface area contributed by atoms with E-state index in [2.05, 4.69) is 37.9 Å². The summed E-state index contributed by atoms with van der Waals surface area (Å²) in [5.41, 5.74) is 0.729. The molecule has 2 fully saturated rings. The van der Waals surface area contributed by atoms with E-state index in [0.717, 1.165) is 5.92 Å². The third kappa shape index (κ3) is 2.43. The standard InChI is InChI=1S/C14H28N2/c1-5-6-9-16-11-13(2,3)15-10-14(16,4)12-7-8-12/h12,15H,5-11H2,1-4H3. The van der Waals surface area contributed by atoms with Gasteiger partial charge < -0.3 is 5.32 Å². The predicted octanol–water partition coefficient (Wildman–Crippen LogP) is 2.64. The molecule has 0 spiro atoms. The van der Waals surface area contributed by atoms with E-state index in [1.807, 2.05) is 0 Å². The maximum absolute atomic E-state index is 3.74. The van der Waals surface area contributed by atoms with Gasteiger partial charge in [0, 0.05) is 24.2 Å². The summed E-state index contributed by atoms with van der Waals surface area (Å²) < 4.78 is 0. The van der Waals surface area contributed by atoms with Gasteiger partial charge >= 0.3 is 0 Å². The Bertz CT molecular complexity index is 245. The van der Waals surface area contributed by atoms with Crippen molar-refractivity contribution in [3.63, 3.8) is 0 Å². The number of hydrogen-bond acceptors (Lipinski definition) is 2. The Morgan fingerprint density at radius 2 is 1.94 bits per heavy atom. The van der Waals surface area contributed by atoms with Crippen LogP contribution in [0.4, 0.5) is 0 Å². The second-order valence-corrected chi connectivity index (χ2v) is 6.64. The van der Waals surface area contributed by atoms with Crippen molar-refractivity contribution in [1.82, 2.24) is 10.2 Å². The first-order valence-electron chi connectivity index (χ1n) is 6.98. The Morgan fingerprint density at radius 3 is 2.50 bits per heavy atom. The van der Waals surface area contributed by atoms with Gasteiger partial charge in [-0.2, -0.15) is 0 Å². The van der Waals surface area contributed by atoms with Crippen LogP contribution in [0.15, 0.2) is 0 Å². The lowest BCUT2D eigenvalue weighted by Crippen LogP contribution is -2.68. The molecule has 1 heterocycles. The molecule has 1 atom stereocenters. The molecule has 1 saturated carbocycles. The third-order valence-electron chi connectivity index (χ3n) is 4.47. The first kappa shape index (κ1) is 12.4. The topological polar surface area (TPSA) is 15.3 Å². The van der Waals surface area contributed by atoms with Crippen LogP contribution in [0.25, 0.3) is 0 Å². The van der Waals surface area contributed by atoms with Crippen molar-refractivity contribution in [3.05, 3.63) is 0 Å². The zero-order chi connectivity index (χ0) is 11.8.